The van der Waals surface area contributed by atoms with E-state index in [9.17, 15) is 18.0 Å². The van der Waals surface area contributed by atoms with Crippen LogP contribution >= 0.6 is 0 Å². The van der Waals surface area contributed by atoms with E-state index in [1.54, 1.807) is 13.8 Å². The third kappa shape index (κ3) is 4.79. The summed E-state index contributed by atoms with van der Waals surface area (Å²) in [5.41, 5.74) is 2.47. The monoisotopic (exact) mass is 424 g/mol. The number of ether oxygens (including phenoxy) is 2. The maximum atomic E-state index is 13.1. The first kappa shape index (κ1) is 21.7. The SMILES string of the molecule is Cc1cc(C)c(S(=O)(=O)N2CCN(C(=O)COC(=O)[C@H]3CCCO3)CC2)c(C)c1. The first-order chi connectivity index (χ1) is 13.7. The topological polar surface area (TPSA) is 93.2 Å². The molecule has 0 radical (unpaired) electrons. The first-order valence-corrected chi connectivity index (χ1v) is 11.3. The molecule has 2 aliphatic rings. The third-order valence-corrected chi connectivity index (χ3v) is 7.53. The number of carbonyl (C=O) groups is 2. The fraction of sp³-hybridized carbons (Fsp3) is 0.600. The Balaban J connectivity index is 1.57. The number of aryl methyl sites for hydroxylation is 3. The van der Waals surface area contributed by atoms with Crippen molar-refractivity contribution in [3.63, 3.8) is 0 Å². The minimum atomic E-state index is -3.63. The molecule has 1 aromatic rings. The number of benzene rings is 1. The summed E-state index contributed by atoms with van der Waals surface area (Å²) in [6.45, 7) is 6.67. The molecule has 0 aliphatic carbocycles. The summed E-state index contributed by atoms with van der Waals surface area (Å²) < 4.78 is 38.0. The minimum absolute atomic E-state index is 0.209. The van der Waals surface area contributed by atoms with Crippen LogP contribution < -0.4 is 0 Å². The van der Waals surface area contributed by atoms with Crippen LogP contribution in [0.15, 0.2) is 17.0 Å². The Hall–Kier alpha value is -1.97. The molecular weight excluding hydrogens is 396 g/mol. The molecule has 160 valence electrons. The average molecular weight is 425 g/mol. The lowest BCUT2D eigenvalue weighted by Crippen LogP contribution is -2.51. The lowest BCUT2D eigenvalue weighted by molar-refractivity contribution is -0.160. The van der Waals surface area contributed by atoms with Gasteiger partial charge in [0, 0.05) is 32.8 Å². The summed E-state index contributed by atoms with van der Waals surface area (Å²) in [6.07, 6.45) is 0.844. The Kier molecular flexibility index (Phi) is 6.60. The molecule has 0 spiro atoms. The van der Waals surface area contributed by atoms with E-state index in [1.807, 2.05) is 19.1 Å². The molecule has 9 heteroatoms. The quantitative estimate of drug-likeness (QED) is 0.659. The van der Waals surface area contributed by atoms with Crippen molar-refractivity contribution in [3.05, 3.63) is 28.8 Å². The van der Waals surface area contributed by atoms with E-state index in [2.05, 4.69) is 0 Å². The Bertz CT molecular complexity index is 861. The molecule has 2 heterocycles. The average Bonchev–Trinajstić information content (AvgIpc) is 3.19. The van der Waals surface area contributed by atoms with Gasteiger partial charge in [0.2, 0.25) is 10.0 Å². The normalized spacial score (nSPS) is 20.7. The van der Waals surface area contributed by atoms with Crippen LogP contribution in [0.1, 0.15) is 29.5 Å². The summed E-state index contributed by atoms with van der Waals surface area (Å²) in [5.74, 6) is -0.835. The van der Waals surface area contributed by atoms with E-state index in [-0.39, 0.29) is 38.7 Å². The summed E-state index contributed by atoms with van der Waals surface area (Å²) >= 11 is 0. The molecule has 3 rings (SSSR count). The molecule has 0 saturated carbocycles. The summed E-state index contributed by atoms with van der Waals surface area (Å²) in [5, 5.41) is 0. The molecule has 2 fully saturated rings. The number of nitrogens with zero attached hydrogens (tertiary/aromatic N) is 2. The highest BCUT2D eigenvalue weighted by molar-refractivity contribution is 7.89. The highest BCUT2D eigenvalue weighted by Gasteiger charge is 2.33. The lowest BCUT2D eigenvalue weighted by atomic mass is 10.1. The summed E-state index contributed by atoms with van der Waals surface area (Å²) in [4.78, 5) is 26.1. The van der Waals surface area contributed by atoms with Crippen molar-refractivity contribution in [3.8, 4) is 0 Å². The largest absolute Gasteiger partial charge is 0.454 e. The second kappa shape index (κ2) is 8.81. The van der Waals surface area contributed by atoms with E-state index < -0.39 is 22.1 Å². The summed E-state index contributed by atoms with van der Waals surface area (Å²) in [7, 11) is -3.63. The number of esters is 1. The zero-order chi connectivity index (χ0) is 21.2. The highest BCUT2D eigenvalue weighted by atomic mass is 32.2. The second-order valence-corrected chi connectivity index (χ2v) is 9.50. The van der Waals surface area contributed by atoms with Gasteiger partial charge in [-0.25, -0.2) is 13.2 Å². The lowest BCUT2D eigenvalue weighted by Gasteiger charge is -2.34. The first-order valence-electron chi connectivity index (χ1n) is 9.84. The van der Waals surface area contributed by atoms with Gasteiger partial charge in [-0.2, -0.15) is 4.31 Å². The third-order valence-electron chi connectivity index (χ3n) is 5.32. The standard InChI is InChI=1S/C20H28N2O6S/c1-14-11-15(2)19(16(3)12-14)29(25,26)22-8-6-21(7-9-22)18(23)13-28-20(24)17-5-4-10-27-17/h11-12,17H,4-10,13H2,1-3H3/t17-/m1/s1. The number of rotatable bonds is 5. The zero-order valence-electron chi connectivity index (χ0n) is 17.1. The molecule has 0 bridgehead atoms. The predicted molar refractivity (Wildman–Crippen MR) is 106 cm³/mol. The second-order valence-electron chi connectivity index (χ2n) is 7.62. The number of hydrogen-bond donors (Lipinski definition) is 0. The van der Waals surface area contributed by atoms with Crippen molar-refractivity contribution in [2.24, 2.45) is 0 Å². The summed E-state index contributed by atoms with van der Waals surface area (Å²) in [6, 6.07) is 3.73. The van der Waals surface area contributed by atoms with Gasteiger partial charge in [-0.05, 0) is 44.7 Å². The van der Waals surface area contributed by atoms with Crippen LogP contribution in [0.4, 0.5) is 0 Å². The van der Waals surface area contributed by atoms with Crippen molar-refractivity contribution in [2.45, 2.75) is 44.6 Å². The van der Waals surface area contributed by atoms with Gasteiger partial charge in [0.05, 0.1) is 4.90 Å². The van der Waals surface area contributed by atoms with Crippen molar-refractivity contribution < 1.29 is 27.5 Å². The smallest absolute Gasteiger partial charge is 0.335 e. The van der Waals surface area contributed by atoms with Crippen LogP contribution in [0.25, 0.3) is 0 Å². The van der Waals surface area contributed by atoms with E-state index in [4.69, 9.17) is 9.47 Å². The van der Waals surface area contributed by atoms with E-state index in [0.29, 0.717) is 17.9 Å². The molecule has 1 atom stereocenters. The fourth-order valence-corrected chi connectivity index (χ4v) is 5.80. The molecule has 2 aliphatic heterocycles. The number of sulfonamides is 1. The number of carbonyl (C=O) groups excluding carboxylic acids is 2. The Morgan fingerprint density at radius 2 is 1.72 bits per heavy atom. The molecule has 29 heavy (non-hydrogen) atoms. The van der Waals surface area contributed by atoms with Crippen LogP contribution in [-0.2, 0) is 29.1 Å². The van der Waals surface area contributed by atoms with E-state index in [0.717, 1.165) is 23.1 Å². The Morgan fingerprint density at radius 1 is 1.10 bits per heavy atom. The number of amides is 1. The fourth-order valence-electron chi connectivity index (χ4n) is 3.96. The van der Waals surface area contributed by atoms with Crippen molar-refractivity contribution in [2.75, 3.05) is 39.4 Å². The van der Waals surface area contributed by atoms with Crippen molar-refractivity contribution in [1.29, 1.82) is 0 Å². The van der Waals surface area contributed by atoms with E-state index >= 15 is 0 Å². The molecule has 0 N–H and O–H groups in total. The van der Waals surface area contributed by atoms with Crippen LogP contribution in [0.3, 0.4) is 0 Å². The minimum Gasteiger partial charge on any atom is -0.454 e. The Morgan fingerprint density at radius 3 is 2.28 bits per heavy atom. The molecule has 1 aromatic carbocycles. The molecular formula is C20H28N2O6S. The maximum Gasteiger partial charge on any atom is 0.335 e. The molecule has 8 nitrogen and oxygen atoms in total. The zero-order valence-corrected chi connectivity index (χ0v) is 18.0. The van der Waals surface area contributed by atoms with Gasteiger partial charge in [0.1, 0.15) is 0 Å². The van der Waals surface area contributed by atoms with Crippen LogP contribution in [0.2, 0.25) is 0 Å². The molecule has 0 aromatic heterocycles. The van der Waals surface area contributed by atoms with Gasteiger partial charge in [-0.15, -0.1) is 0 Å². The molecule has 1 amide bonds. The van der Waals surface area contributed by atoms with Gasteiger partial charge in [-0.3, -0.25) is 4.79 Å². The van der Waals surface area contributed by atoms with Crippen LogP contribution in [0, 0.1) is 20.8 Å². The predicted octanol–water partition coefficient (Wildman–Crippen LogP) is 1.17. The number of piperazine rings is 1. The van der Waals surface area contributed by atoms with Gasteiger partial charge in [-0.1, -0.05) is 17.7 Å². The van der Waals surface area contributed by atoms with Gasteiger partial charge in [0.15, 0.2) is 12.7 Å². The molecule has 0 unspecified atom stereocenters. The Labute approximate surface area is 171 Å². The van der Waals surface area contributed by atoms with Crippen molar-refractivity contribution in [1.82, 2.24) is 9.21 Å². The van der Waals surface area contributed by atoms with E-state index in [1.165, 1.54) is 9.21 Å². The number of hydrogen-bond acceptors (Lipinski definition) is 6. The highest BCUT2D eigenvalue weighted by Crippen LogP contribution is 2.26. The van der Waals surface area contributed by atoms with Gasteiger partial charge >= 0.3 is 5.97 Å². The maximum absolute atomic E-state index is 13.1. The van der Waals surface area contributed by atoms with Crippen LogP contribution in [0.5, 0.6) is 0 Å². The van der Waals surface area contributed by atoms with Gasteiger partial charge in [0.25, 0.3) is 5.91 Å². The van der Waals surface area contributed by atoms with Gasteiger partial charge < -0.3 is 14.4 Å². The van der Waals surface area contributed by atoms with Crippen LogP contribution in [-0.4, -0.2) is 75.0 Å². The van der Waals surface area contributed by atoms with Crippen molar-refractivity contribution >= 4 is 21.9 Å². The molecule has 2 saturated heterocycles.